The normalized spacial score (nSPS) is 22.3. The lowest BCUT2D eigenvalue weighted by Crippen LogP contribution is -2.48. The minimum Gasteiger partial charge on any atom is -0.319 e. The van der Waals surface area contributed by atoms with E-state index >= 15 is 0 Å². The molecule has 1 aliphatic rings. The van der Waals surface area contributed by atoms with E-state index in [0.717, 1.165) is 29.9 Å². The molecule has 1 rings (SSSR count). The summed E-state index contributed by atoms with van der Waals surface area (Å²) >= 11 is 0. The fourth-order valence-corrected chi connectivity index (χ4v) is 4.49. The Kier molecular flexibility index (Phi) is 6.39. The molecule has 1 aliphatic heterocycles. The van der Waals surface area contributed by atoms with Crippen LogP contribution in [0.5, 0.6) is 0 Å². The zero-order valence-corrected chi connectivity index (χ0v) is 14.0. The van der Waals surface area contributed by atoms with Crippen molar-refractivity contribution in [2.45, 2.75) is 12.8 Å². The number of sulfone groups is 1. The van der Waals surface area contributed by atoms with Crippen molar-refractivity contribution in [2.24, 2.45) is 5.92 Å². The molecule has 1 saturated heterocycles. The summed E-state index contributed by atoms with van der Waals surface area (Å²) in [4.78, 5) is 0. The van der Waals surface area contributed by atoms with Gasteiger partial charge in [-0.1, -0.05) is 0 Å². The Hall–Kier alpha value is -0.220. The van der Waals surface area contributed by atoms with E-state index in [1.165, 1.54) is 11.4 Å². The van der Waals surface area contributed by atoms with Crippen molar-refractivity contribution in [1.82, 2.24) is 13.9 Å². The van der Waals surface area contributed by atoms with Crippen LogP contribution in [0.1, 0.15) is 12.8 Å². The molecule has 0 radical (unpaired) electrons. The van der Waals surface area contributed by atoms with E-state index in [0.29, 0.717) is 19.0 Å². The minimum atomic E-state index is -3.56. The maximum absolute atomic E-state index is 12.4. The van der Waals surface area contributed by atoms with E-state index in [1.807, 2.05) is 7.05 Å². The molecule has 1 fully saturated rings. The van der Waals surface area contributed by atoms with Crippen LogP contribution in [0.25, 0.3) is 0 Å². The van der Waals surface area contributed by atoms with Gasteiger partial charge in [0.05, 0.1) is 5.75 Å². The number of hydrogen-bond acceptors (Lipinski definition) is 5. The molecule has 1 unspecified atom stereocenters. The maximum Gasteiger partial charge on any atom is 0.281 e. The zero-order chi connectivity index (χ0) is 15.4. The van der Waals surface area contributed by atoms with Gasteiger partial charge in [-0.05, 0) is 32.4 Å². The summed E-state index contributed by atoms with van der Waals surface area (Å²) in [6, 6.07) is 0. The zero-order valence-electron chi connectivity index (χ0n) is 12.4. The lowest BCUT2D eigenvalue weighted by atomic mass is 10.00. The van der Waals surface area contributed by atoms with Crippen LogP contribution in [0.3, 0.4) is 0 Å². The Morgan fingerprint density at radius 1 is 1.30 bits per heavy atom. The highest BCUT2D eigenvalue weighted by Crippen LogP contribution is 2.20. The van der Waals surface area contributed by atoms with E-state index in [-0.39, 0.29) is 12.3 Å². The molecular weight excluding hydrogens is 302 g/mol. The number of rotatable bonds is 7. The fourth-order valence-electron chi connectivity index (χ4n) is 2.30. The molecule has 0 saturated carbocycles. The molecule has 0 aromatic heterocycles. The Bertz CT molecular complexity index is 502. The van der Waals surface area contributed by atoms with Gasteiger partial charge in [0.15, 0.2) is 0 Å². The van der Waals surface area contributed by atoms with Crippen molar-refractivity contribution in [3.63, 3.8) is 0 Å². The highest BCUT2D eigenvalue weighted by atomic mass is 32.2. The second-order valence-electron chi connectivity index (χ2n) is 5.38. The summed E-state index contributed by atoms with van der Waals surface area (Å²) in [5.74, 6) is 0.156. The Labute approximate surface area is 122 Å². The first kappa shape index (κ1) is 17.8. The van der Waals surface area contributed by atoms with E-state index in [4.69, 9.17) is 0 Å². The molecule has 0 spiro atoms. The molecule has 120 valence electrons. The van der Waals surface area contributed by atoms with Crippen LogP contribution < -0.4 is 5.32 Å². The third-order valence-electron chi connectivity index (χ3n) is 3.47. The average molecular weight is 327 g/mol. The third-order valence-corrected chi connectivity index (χ3v) is 6.35. The summed E-state index contributed by atoms with van der Waals surface area (Å²) in [7, 11) is -3.44. The van der Waals surface area contributed by atoms with E-state index in [2.05, 4.69) is 5.32 Å². The third kappa shape index (κ3) is 5.28. The van der Waals surface area contributed by atoms with Crippen LogP contribution in [0.4, 0.5) is 0 Å². The van der Waals surface area contributed by atoms with Gasteiger partial charge in [-0.2, -0.15) is 17.0 Å². The van der Waals surface area contributed by atoms with Crippen LogP contribution in [-0.4, -0.2) is 77.7 Å². The largest absolute Gasteiger partial charge is 0.319 e. The van der Waals surface area contributed by atoms with Crippen molar-refractivity contribution in [2.75, 3.05) is 52.3 Å². The number of nitrogens with one attached hydrogen (secondary N) is 1. The molecule has 9 heteroatoms. The van der Waals surface area contributed by atoms with Crippen molar-refractivity contribution in [3.05, 3.63) is 0 Å². The Morgan fingerprint density at radius 2 is 1.95 bits per heavy atom. The van der Waals surface area contributed by atoms with Gasteiger partial charge < -0.3 is 5.32 Å². The lowest BCUT2D eigenvalue weighted by molar-refractivity contribution is 0.250. The molecule has 0 bridgehead atoms. The Morgan fingerprint density at radius 3 is 2.50 bits per heavy atom. The average Bonchev–Trinajstić information content (AvgIpc) is 2.35. The minimum absolute atomic E-state index is 0.00559. The van der Waals surface area contributed by atoms with Gasteiger partial charge in [-0.25, -0.2) is 8.42 Å². The lowest BCUT2D eigenvalue weighted by Gasteiger charge is -2.34. The summed E-state index contributed by atoms with van der Waals surface area (Å²) in [6.07, 6.45) is 2.96. The van der Waals surface area contributed by atoms with Crippen molar-refractivity contribution in [3.8, 4) is 0 Å². The van der Waals surface area contributed by atoms with Gasteiger partial charge in [-0.3, -0.25) is 0 Å². The standard InChI is InChI=1S/C11H25N3O4S2/c1-12-9-11-5-4-6-14(10-11)20(17,18)13(2)7-8-19(3,15)16/h11-12H,4-10H2,1-3H3. The van der Waals surface area contributed by atoms with E-state index in [1.54, 1.807) is 0 Å². The van der Waals surface area contributed by atoms with Gasteiger partial charge in [0, 0.05) is 32.9 Å². The van der Waals surface area contributed by atoms with Gasteiger partial charge in [0.1, 0.15) is 9.84 Å². The first-order valence-electron chi connectivity index (χ1n) is 6.70. The van der Waals surface area contributed by atoms with E-state index < -0.39 is 20.0 Å². The second-order valence-corrected chi connectivity index (χ2v) is 9.68. The quantitative estimate of drug-likeness (QED) is 0.657. The molecule has 0 aromatic carbocycles. The first-order chi connectivity index (χ1) is 9.16. The van der Waals surface area contributed by atoms with Crippen molar-refractivity contribution >= 4 is 20.0 Å². The van der Waals surface area contributed by atoms with Crippen LogP contribution >= 0.6 is 0 Å². The van der Waals surface area contributed by atoms with Gasteiger partial charge >= 0.3 is 0 Å². The van der Waals surface area contributed by atoms with Gasteiger partial charge in [-0.15, -0.1) is 0 Å². The summed E-state index contributed by atoms with van der Waals surface area (Å²) in [6.45, 7) is 1.78. The highest BCUT2D eigenvalue weighted by molar-refractivity contribution is 7.90. The van der Waals surface area contributed by atoms with Crippen molar-refractivity contribution in [1.29, 1.82) is 0 Å². The molecular formula is C11H25N3O4S2. The summed E-state index contributed by atoms with van der Waals surface area (Å²) in [5.41, 5.74) is 0. The molecule has 1 atom stereocenters. The van der Waals surface area contributed by atoms with Crippen LogP contribution in [0.2, 0.25) is 0 Å². The van der Waals surface area contributed by atoms with Crippen LogP contribution in [0, 0.1) is 5.92 Å². The number of hydrogen-bond donors (Lipinski definition) is 1. The molecule has 0 aromatic rings. The Balaban J connectivity index is 2.67. The monoisotopic (exact) mass is 327 g/mol. The molecule has 1 heterocycles. The van der Waals surface area contributed by atoms with Crippen LogP contribution in [-0.2, 0) is 20.0 Å². The first-order valence-corrected chi connectivity index (χ1v) is 10.2. The summed E-state index contributed by atoms with van der Waals surface area (Å²) in [5, 5.41) is 3.07. The highest BCUT2D eigenvalue weighted by Gasteiger charge is 2.31. The van der Waals surface area contributed by atoms with Gasteiger partial charge in [0.25, 0.3) is 10.2 Å². The molecule has 0 amide bonds. The smallest absolute Gasteiger partial charge is 0.281 e. The fraction of sp³-hybridized carbons (Fsp3) is 1.00. The predicted octanol–water partition coefficient (Wildman–Crippen LogP) is -0.861. The number of nitrogens with zero attached hydrogens (tertiary/aromatic N) is 2. The van der Waals surface area contributed by atoms with Crippen molar-refractivity contribution < 1.29 is 16.8 Å². The predicted molar refractivity (Wildman–Crippen MR) is 79.5 cm³/mol. The molecule has 0 aliphatic carbocycles. The summed E-state index contributed by atoms with van der Waals surface area (Å²) < 4.78 is 49.6. The van der Waals surface area contributed by atoms with Crippen LogP contribution in [0.15, 0.2) is 0 Å². The van der Waals surface area contributed by atoms with Gasteiger partial charge in [0.2, 0.25) is 0 Å². The number of piperidine rings is 1. The molecule has 7 nitrogen and oxygen atoms in total. The second kappa shape index (κ2) is 7.17. The maximum atomic E-state index is 12.4. The van der Waals surface area contributed by atoms with E-state index in [9.17, 15) is 16.8 Å². The molecule has 1 N–H and O–H groups in total. The molecule has 20 heavy (non-hydrogen) atoms. The topological polar surface area (TPSA) is 86.8 Å². The SMILES string of the molecule is CNCC1CCCN(S(=O)(=O)N(C)CCS(C)(=O)=O)C1.